The van der Waals surface area contributed by atoms with Gasteiger partial charge in [-0.3, -0.25) is 0 Å². The van der Waals surface area contributed by atoms with Crippen LogP contribution in [0.5, 0.6) is 0 Å². The lowest BCUT2D eigenvalue weighted by Crippen LogP contribution is -2.37. The summed E-state index contributed by atoms with van der Waals surface area (Å²) in [5.41, 5.74) is 5.06. The Morgan fingerprint density at radius 1 is 1.40 bits per heavy atom. The van der Waals surface area contributed by atoms with Gasteiger partial charge in [-0.2, -0.15) is 0 Å². The van der Waals surface area contributed by atoms with Crippen molar-refractivity contribution in [3.63, 3.8) is 0 Å². The van der Waals surface area contributed by atoms with E-state index in [0.717, 1.165) is 6.42 Å². The molecule has 118 valence electrons. The zero-order valence-corrected chi connectivity index (χ0v) is 13.5. The van der Waals surface area contributed by atoms with Crippen LogP contribution in [-0.4, -0.2) is 23.4 Å². The van der Waals surface area contributed by atoms with E-state index >= 15 is 0 Å². The van der Waals surface area contributed by atoms with Crippen molar-refractivity contribution in [1.29, 1.82) is 0 Å². The predicted molar refractivity (Wildman–Crippen MR) is 84.4 cm³/mol. The van der Waals surface area contributed by atoms with Crippen LogP contribution in [0.3, 0.4) is 0 Å². The summed E-state index contributed by atoms with van der Waals surface area (Å²) >= 11 is 0. The van der Waals surface area contributed by atoms with Gasteiger partial charge in [0.25, 0.3) is 0 Å². The van der Waals surface area contributed by atoms with Crippen LogP contribution in [0.1, 0.15) is 47.5 Å². The van der Waals surface area contributed by atoms with Crippen molar-refractivity contribution < 1.29 is 14.6 Å². The van der Waals surface area contributed by atoms with Gasteiger partial charge in [0.2, 0.25) is 0 Å². The van der Waals surface area contributed by atoms with Gasteiger partial charge in [-0.25, -0.2) is 4.79 Å². The van der Waals surface area contributed by atoms with Gasteiger partial charge in [-0.05, 0) is 5.92 Å². The first-order valence-electron chi connectivity index (χ1n) is 7.35. The molecule has 0 aliphatic heterocycles. The molecule has 0 aromatic rings. The largest absolute Gasteiger partial charge is 0.446 e. The molecule has 0 spiro atoms. The van der Waals surface area contributed by atoms with Crippen LogP contribution in [0.4, 0.5) is 4.79 Å². The first-order chi connectivity index (χ1) is 9.43. The molecule has 0 bridgehead atoms. The monoisotopic (exact) mass is 285 g/mol. The number of amides is 1. The highest BCUT2D eigenvalue weighted by atomic mass is 16.6. The molecule has 0 fully saturated rings. The second-order valence-electron chi connectivity index (χ2n) is 4.61. The van der Waals surface area contributed by atoms with Crippen LogP contribution >= 0.6 is 0 Å². The van der Waals surface area contributed by atoms with E-state index in [-0.39, 0.29) is 11.8 Å². The van der Waals surface area contributed by atoms with Gasteiger partial charge in [0, 0.05) is 12.3 Å². The van der Waals surface area contributed by atoms with Gasteiger partial charge >= 0.3 is 6.09 Å². The Balaban J connectivity index is 0. The fourth-order valence-corrected chi connectivity index (χ4v) is 1.81. The van der Waals surface area contributed by atoms with Crippen molar-refractivity contribution in [1.82, 2.24) is 0 Å². The highest BCUT2D eigenvalue weighted by molar-refractivity contribution is 5.64. The number of ether oxygens (including phenoxy) is 1. The Hall–Kier alpha value is -1.29. The fraction of sp³-hybridized carbons (Fsp3) is 0.688. The summed E-state index contributed by atoms with van der Waals surface area (Å²) in [6.45, 7) is 13.4. The van der Waals surface area contributed by atoms with Gasteiger partial charge in [-0.15, -0.1) is 0 Å². The molecule has 4 atom stereocenters. The van der Waals surface area contributed by atoms with Gasteiger partial charge in [0.15, 0.2) is 0 Å². The summed E-state index contributed by atoms with van der Waals surface area (Å²) in [6.07, 6.45) is 4.92. The first kappa shape index (κ1) is 21.0. The van der Waals surface area contributed by atoms with Crippen LogP contribution < -0.4 is 5.73 Å². The number of primary amides is 1. The van der Waals surface area contributed by atoms with E-state index in [1.165, 1.54) is 0 Å². The second kappa shape index (κ2) is 12.7. The lowest BCUT2D eigenvalue weighted by molar-refractivity contribution is -0.0123. The van der Waals surface area contributed by atoms with E-state index in [9.17, 15) is 9.90 Å². The normalized spacial score (nSPS) is 16.5. The van der Waals surface area contributed by atoms with E-state index in [2.05, 4.69) is 6.58 Å². The summed E-state index contributed by atoms with van der Waals surface area (Å²) in [5.74, 6) is -0.00993. The molecule has 3 N–H and O–H groups in total. The predicted octanol–water partition coefficient (Wildman–Crippen LogP) is 3.65. The molecule has 0 aliphatic rings. The highest BCUT2D eigenvalue weighted by Gasteiger charge is 2.28. The minimum absolute atomic E-state index is 0.155. The third-order valence-electron chi connectivity index (χ3n) is 3.26. The molecule has 0 unspecified atom stereocenters. The van der Waals surface area contributed by atoms with Gasteiger partial charge in [-0.1, -0.05) is 65.8 Å². The fourth-order valence-electron chi connectivity index (χ4n) is 1.81. The lowest BCUT2D eigenvalue weighted by Gasteiger charge is -2.29. The summed E-state index contributed by atoms with van der Waals surface area (Å²) in [6, 6.07) is 0. The van der Waals surface area contributed by atoms with E-state index in [4.69, 9.17) is 10.5 Å². The molecular formula is C16H31NO3. The minimum Gasteiger partial charge on any atom is -0.446 e. The van der Waals surface area contributed by atoms with Crippen molar-refractivity contribution in [2.75, 3.05) is 0 Å². The van der Waals surface area contributed by atoms with Crippen molar-refractivity contribution in [3.05, 3.63) is 24.8 Å². The number of hydrogen-bond acceptors (Lipinski definition) is 3. The first-order valence-corrected chi connectivity index (χ1v) is 7.35. The molecule has 0 radical (unpaired) electrons. The minimum atomic E-state index is -0.810. The van der Waals surface area contributed by atoms with Crippen LogP contribution in [-0.2, 0) is 4.74 Å². The Morgan fingerprint density at radius 3 is 2.35 bits per heavy atom. The molecular weight excluding hydrogens is 254 g/mol. The molecule has 20 heavy (non-hydrogen) atoms. The van der Waals surface area contributed by atoms with Crippen molar-refractivity contribution in [2.45, 2.75) is 59.7 Å². The summed E-state index contributed by atoms with van der Waals surface area (Å²) in [4.78, 5) is 10.9. The zero-order chi connectivity index (χ0) is 16.1. The topological polar surface area (TPSA) is 72.5 Å². The van der Waals surface area contributed by atoms with Crippen LogP contribution in [0, 0.1) is 11.8 Å². The number of aliphatic hydroxyl groups excluding tert-OH is 1. The van der Waals surface area contributed by atoms with E-state index in [0.29, 0.717) is 6.42 Å². The molecule has 4 nitrogen and oxygen atoms in total. The maximum Gasteiger partial charge on any atom is 0.404 e. The maximum atomic E-state index is 10.9. The molecule has 0 aromatic carbocycles. The number of allylic oxidation sites excluding steroid dienone is 2. The molecule has 0 rings (SSSR count). The van der Waals surface area contributed by atoms with Gasteiger partial charge < -0.3 is 15.6 Å². The van der Waals surface area contributed by atoms with E-state index in [1.807, 2.05) is 40.7 Å². The molecule has 0 saturated carbocycles. The maximum absolute atomic E-state index is 10.9. The summed E-state index contributed by atoms with van der Waals surface area (Å²) in [5, 5.41) is 10.1. The number of nitrogens with two attached hydrogens (primary N) is 1. The Morgan fingerprint density at radius 2 is 1.95 bits per heavy atom. The Bertz CT molecular complexity index is 289. The number of rotatable bonds is 8. The Kier molecular flexibility index (Phi) is 13.4. The quantitative estimate of drug-likeness (QED) is 0.669. The Labute approximate surface area is 123 Å². The lowest BCUT2D eigenvalue weighted by atomic mass is 9.86. The number of hydrogen-bond donors (Lipinski definition) is 2. The zero-order valence-electron chi connectivity index (χ0n) is 13.5. The van der Waals surface area contributed by atoms with E-state index in [1.54, 1.807) is 12.2 Å². The number of carbonyl (C=O) groups is 1. The third-order valence-corrected chi connectivity index (χ3v) is 3.26. The number of carbonyl (C=O) groups excluding carboxylic acids is 1. The summed E-state index contributed by atoms with van der Waals surface area (Å²) in [7, 11) is 0. The van der Waals surface area contributed by atoms with Crippen LogP contribution in [0.25, 0.3) is 0 Å². The smallest absolute Gasteiger partial charge is 0.404 e. The van der Waals surface area contributed by atoms with Crippen molar-refractivity contribution in [3.8, 4) is 0 Å². The second-order valence-corrected chi connectivity index (χ2v) is 4.61. The molecule has 0 aromatic heterocycles. The van der Waals surface area contributed by atoms with Crippen molar-refractivity contribution >= 4 is 6.09 Å². The highest BCUT2D eigenvalue weighted by Crippen LogP contribution is 2.23. The molecule has 4 heteroatoms. The summed E-state index contributed by atoms with van der Waals surface area (Å²) < 4.78 is 5.07. The molecule has 1 amide bonds. The number of aliphatic hydroxyl groups is 1. The van der Waals surface area contributed by atoms with Crippen molar-refractivity contribution in [2.24, 2.45) is 17.6 Å². The molecule has 0 heterocycles. The van der Waals surface area contributed by atoms with Gasteiger partial charge in [0.05, 0.1) is 6.10 Å². The van der Waals surface area contributed by atoms with E-state index < -0.39 is 18.3 Å². The third kappa shape index (κ3) is 8.75. The molecule has 0 saturated heterocycles. The van der Waals surface area contributed by atoms with Crippen LogP contribution in [0.15, 0.2) is 24.8 Å². The average molecular weight is 285 g/mol. The average Bonchev–Trinajstić information content (AvgIpc) is 2.45. The molecule has 0 aliphatic carbocycles. The SMILES string of the molecule is C=C/C=C\C[C@H](OC(N)=O)[C@@H](C)[C@H](O)[C@@H](C)CC.CC. The van der Waals surface area contributed by atoms with Crippen LogP contribution in [0.2, 0.25) is 0 Å². The van der Waals surface area contributed by atoms with Gasteiger partial charge in [0.1, 0.15) is 6.10 Å². The standard InChI is InChI=1S/C14H25NO3.C2H6/c1-5-7-8-9-12(18-14(15)17)11(4)13(16)10(3)6-2;1-2/h5,7-8,10-13,16H,1,6,9H2,2-4H3,(H2,15,17);1-2H3/b8-7-;/t10-,11+,12-,13+;/m0./s1.